The average molecular weight is 256 g/mol. The van der Waals surface area contributed by atoms with Crippen LogP contribution in [0, 0.1) is 11.8 Å². The maximum atomic E-state index is 12.1. The van der Waals surface area contributed by atoms with E-state index in [2.05, 4.69) is 5.32 Å². The van der Waals surface area contributed by atoms with Gasteiger partial charge in [-0.25, -0.2) is 4.79 Å². The number of amides is 2. The molecule has 0 aromatic heterocycles. The topological polar surface area (TPSA) is 69.6 Å². The summed E-state index contributed by atoms with van der Waals surface area (Å²) in [5.74, 6) is -0.838. The molecule has 104 valence electrons. The molecule has 2 atom stereocenters. The van der Waals surface area contributed by atoms with Crippen LogP contribution in [0.5, 0.6) is 0 Å². The minimum atomic E-state index is -0.888. The number of carboxylic acids is 1. The summed E-state index contributed by atoms with van der Waals surface area (Å²) < 4.78 is 0. The van der Waals surface area contributed by atoms with Crippen LogP contribution in [0.4, 0.5) is 4.79 Å². The predicted molar refractivity (Wildman–Crippen MR) is 69.4 cm³/mol. The van der Waals surface area contributed by atoms with Crippen LogP contribution in [0.2, 0.25) is 0 Å². The summed E-state index contributed by atoms with van der Waals surface area (Å²) in [5.41, 5.74) is 0. The van der Waals surface area contributed by atoms with Gasteiger partial charge in [-0.1, -0.05) is 0 Å². The lowest BCUT2D eigenvalue weighted by Gasteiger charge is -2.29. The van der Waals surface area contributed by atoms with Gasteiger partial charge in [-0.3, -0.25) is 4.79 Å². The molecule has 18 heavy (non-hydrogen) atoms. The Kier molecular flexibility index (Phi) is 4.99. The molecule has 0 aromatic rings. The van der Waals surface area contributed by atoms with E-state index < -0.39 is 11.9 Å². The SMILES string of the molecule is CC(NC(=O)N(CC1CC1)C(C)C)C(C)C(=O)O. The van der Waals surface area contributed by atoms with Gasteiger partial charge in [0.2, 0.25) is 0 Å². The second-order valence-corrected chi connectivity index (χ2v) is 5.55. The van der Waals surface area contributed by atoms with E-state index in [1.165, 1.54) is 12.8 Å². The normalized spacial score (nSPS) is 18.3. The van der Waals surface area contributed by atoms with E-state index in [1.807, 2.05) is 13.8 Å². The molecule has 0 saturated heterocycles. The van der Waals surface area contributed by atoms with Crippen molar-refractivity contribution in [3.63, 3.8) is 0 Å². The highest BCUT2D eigenvalue weighted by molar-refractivity contribution is 5.76. The van der Waals surface area contributed by atoms with Crippen LogP contribution in [-0.4, -0.2) is 40.6 Å². The lowest BCUT2D eigenvalue weighted by atomic mass is 10.0. The predicted octanol–water partition coefficient (Wildman–Crippen LogP) is 1.93. The number of carbonyl (C=O) groups is 2. The maximum absolute atomic E-state index is 12.1. The van der Waals surface area contributed by atoms with Crippen LogP contribution >= 0.6 is 0 Å². The second kappa shape index (κ2) is 6.07. The van der Waals surface area contributed by atoms with Crippen molar-refractivity contribution in [3.05, 3.63) is 0 Å². The minimum Gasteiger partial charge on any atom is -0.481 e. The van der Waals surface area contributed by atoms with E-state index in [4.69, 9.17) is 5.11 Å². The number of urea groups is 1. The molecule has 2 amide bonds. The number of nitrogens with zero attached hydrogens (tertiary/aromatic N) is 1. The Hall–Kier alpha value is -1.26. The Balaban J connectivity index is 2.52. The molecule has 5 nitrogen and oxygen atoms in total. The zero-order chi connectivity index (χ0) is 13.9. The van der Waals surface area contributed by atoms with Gasteiger partial charge in [-0.05, 0) is 46.5 Å². The van der Waals surface area contributed by atoms with E-state index in [1.54, 1.807) is 18.7 Å². The first-order chi connectivity index (χ1) is 8.32. The van der Waals surface area contributed by atoms with Gasteiger partial charge in [0.05, 0.1) is 5.92 Å². The van der Waals surface area contributed by atoms with Gasteiger partial charge in [0.1, 0.15) is 0 Å². The minimum absolute atomic E-state index is 0.137. The molecule has 1 fully saturated rings. The number of aliphatic carboxylic acids is 1. The second-order valence-electron chi connectivity index (χ2n) is 5.55. The zero-order valence-electron chi connectivity index (χ0n) is 11.6. The monoisotopic (exact) mass is 256 g/mol. The van der Waals surface area contributed by atoms with Crippen LogP contribution in [0.25, 0.3) is 0 Å². The standard InChI is InChI=1S/C13H24N2O3/c1-8(2)15(7-11-5-6-11)13(18)14-10(4)9(3)12(16)17/h8-11H,5-7H2,1-4H3,(H,14,18)(H,16,17). The van der Waals surface area contributed by atoms with E-state index in [9.17, 15) is 9.59 Å². The van der Waals surface area contributed by atoms with E-state index in [0.29, 0.717) is 5.92 Å². The highest BCUT2D eigenvalue weighted by atomic mass is 16.4. The van der Waals surface area contributed by atoms with Crippen molar-refractivity contribution in [2.45, 2.75) is 52.6 Å². The Labute approximate surface area is 109 Å². The summed E-state index contributed by atoms with van der Waals surface area (Å²) in [7, 11) is 0. The summed E-state index contributed by atoms with van der Waals surface area (Å²) in [5, 5.41) is 11.7. The lowest BCUT2D eigenvalue weighted by Crippen LogP contribution is -2.50. The number of hydrogen-bond acceptors (Lipinski definition) is 2. The zero-order valence-corrected chi connectivity index (χ0v) is 11.6. The number of carbonyl (C=O) groups excluding carboxylic acids is 1. The first-order valence-corrected chi connectivity index (χ1v) is 6.62. The Morgan fingerprint density at radius 1 is 1.28 bits per heavy atom. The first kappa shape index (κ1) is 14.8. The van der Waals surface area contributed by atoms with Gasteiger partial charge in [0, 0.05) is 18.6 Å². The number of hydrogen-bond donors (Lipinski definition) is 2. The first-order valence-electron chi connectivity index (χ1n) is 6.62. The van der Waals surface area contributed by atoms with Crippen molar-refractivity contribution in [2.75, 3.05) is 6.54 Å². The third-order valence-electron chi connectivity index (χ3n) is 3.53. The van der Waals surface area contributed by atoms with E-state index >= 15 is 0 Å². The molecular weight excluding hydrogens is 232 g/mol. The fourth-order valence-corrected chi connectivity index (χ4v) is 1.72. The third kappa shape index (κ3) is 4.20. The molecular formula is C13H24N2O3. The van der Waals surface area contributed by atoms with Crippen molar-refractivity contribution < 1.29 is 14.7 Å². The molecule has 0 aliphatic heterocycles. The van der Waals surface area contributed by atoms with Crippen LogP contribution < -0.4 is 5.32 Å². The molecule has 0 heterocycles. The molecule has 2 unspecified atom stereocenters. The molecule has 1 aliphatic rings. The van der Waals surface area contributed by atoms with Crippen LogP contribution in [-0.2, 0) is 4.79 Å². The number of nitrogens with one attached hydrogen (secondary N) is 1. The van der Waals surface area contributed by atoms with Gasteiger partial charge in [-0.15, -0.1) is 0 Å². The van der Waals surface area contributed by atoms with E-state index in [-0.39, 0.29) is 18.1 Å². The molecule has 5 heteroatoms. The number of carboxylic acid groups (broad SMARTS) is 1. The van der Waals surface area contributed by atoms with Gasteiger partial charge >= 0.3 is 12.0 Å². The molecule has 0 aromatic carbocycles. The largest absolute Gasteiger partial charge is 0.481 e. The van der Waals surface area contributed by atoms with Crippen molar-refractivity contribution >= 4 is 12.0 Å². The summed E-state index contributed by atoms with van der Waals surface area (Å²) in [6.07, 6.45) is 2.38. The quantitative estimate of drug-likeness (QED) is 0.763. The lowest BCUT2D eigenvalue weighted by molar-refractivity contribution is -0.141. The summed E-state index contributed by atoms with van der Waals surface area (Å²) in [6, 6.07) is -0.383. The van der Waals surface area contributed by atoms with Gasteiger partial charge < -0.3 is 15.3 Å². The van der Waals surface area contributed by atoms with Crippen molar-refractivity contribution in [1.82, 2.24) is 10.2 Å². The van der Waals surface area contributed by atoms with Crippen molar-refractivity contribution in [3.8, 4) is 0 Å². The molecule has 1 rings (SSSR count). The maximum Gasteiger partial charge on any atom is 0.317 e. The Morgan fingerprint density at radius 3 is 2.22 bits per heavy atom. The fraction of sp³-hybridized carbons (Fsp3) is 0.846. The molecule has 1 saturated carbocycles. The van der Waals surface area contributed by atoms with Crippen LogP contribution in [0.15, 0.2) is 0 Å². The van der Waals surface area contributed by atoms with Crippen LogP contribution in [0.3, 0.4) is 0 Å². The number of rotatable bonds is 6. The Morgan fingerprint density at radius 2 is 1.83 bits per heavy atom. The molecule has 0 radical (unpaired) electrons. The van der Waals surface area contributed by atoms with Crippen molar-refractivity contribution in [2.24, 2.45) is 11.8 Å². The average Bonchev–Trinajstić information content (AvgIpc) is 3.07. The fourth-order valence-electron chi connectivity index (χ4n) is 1.72. The molecule has 0 spiro atoms. The molecule has 2 N–H and O–H groups in total. The van der Waals surface area contributed by atoms with Crippen LogP contribution in [0.1, 0.15) is 40.5 Å². The summed E-state index contributed by atoms with van der Waals surface area (Å²) >= 11 is 0. The molecule has 0 bridgehead atoms. The highest BCUT2D eigenvalue weighted by Gasteiger charge is 2.29. The van der Waals surface area contributed by atoms with Gasteiger partial charge in [0.15, 0.2) is 0 Å². The summed E-state index contributed by atoms with van der Waals surface area (Å²) in [4.78, 5) is 24.8. The third-order valence-corrected chi connectivity index (χ3v) is 3.53. The van der Waals surface area contributed by atoms with E-state index in [0.717, 1.165) is 6.54 Å². The van der Waals surface area contributed by atoms with Crippen molar-refractivity contribution in [1.29, 1.82) is 0 Å². The van der Waals surface area contributed by atoms with Gasteiger partial charge in [0.25, 0.3) is 0 Å². The Bertz CT molecular complexity index is 313. The molecule has 1 aliphatic carbocycles. The summed E-state index contributed by atoms with van der Waals surface area (Å²) in [6.45, 7) is 8.07. The van der Waals surface area contributed by atoms with Gasteiger partial charge in [-0.2, -0.15) is 0 Å². The smallest absolute Gasteiger partial charge is 0.317 e. The highest BCUT2D eigenvalue weighted by Crippen LogP contribution is 2.30.